The first kappa shape index (κ1) is 15.2. The molecule has 0 aromatic rings. The molecule has 2 amide bonds. The molecule has 0 unspecified atom stereocenters. The van der Waals surface area contributed by atoms with Crippen LogP contribution in [0.3, 0.4) is 0 Å². The average molecular weight is 276 g/mol. The molecule has 0 radical (unpaired) electrons. The maximum atomic E-state index is 12.4. The molecule has 1 saturated carbocycles. The Hall–Kier alpha value is -0.810. The van der Waals surface area contributed by atoms with Crippen molar-refractivity contribution in [1.82, 2.24) is 10.6 Å². The highest BCUT2D eigenvalue weighted by molar-refractivity contribution is 5.89. The molecule has 18 heavy (non-hydrogen) atoms. The summed E-state index contributed by atoms with van der Waals surface area (Å²) in [5.74, 6) is -0.0668. The second kappa shape index (κ2) is 5.89. The van der Waals surface area contributed by atoms with Crippen LogP contribution in [0.2, 0.25) is 0 Å². The molecule has 1 aliphatic carbocycles. The van der Waals surface area contributed by atoms with Gasteiger partial charge in [0, 0.05) is 6.54 Å². The number of rotatable bonds is 3. The molecular weight excluding hydrogens is 254 g/mol. The van der Waals surface area contributed by atoms with Gasteiger partial charge in [-0.25, -0.2) is 0 Å². The fraction of sp³-hybridized carbons (Fsp3) is 0.833. The van der Waals surface area contributed by atoms with E-state index < -0.39 is 11.9 Å². The summed E-state index contributed by atoms with van der Waals surface area (Å²) in [5, 5.41) is 6.07. The van der Waals surface area contributed by atoms with Crippen molar-refractivity contribution >= 4 is 24.2 Å². The standard InChI is InChI=1S/C12H21N3O2.ClH/c1-8(10(13)16)15-11(17)12-5-3-2-4-9(12)6-14-7-12;/h8-9,14H,2-7H2,1H3,(H2,13,16)(H,15,17);1H/t8-,9-,12+;/m0./s1. The Morgan fingerprint density at radius 1 is 1.44 bits per heavy atom. The molecule has 0 spiro atoms. The van der Waals surface area contributed by atoms with Crippen LogP contribution in [0.1, 0.15) is 32.6 Å². The lowest BCUT2D eigenvalue weighted by Crippen LogP contribution is -2.53. The van der Waals surface area contributed by atoms with Crippen LogP contribution in [-0.2, 0) is 9.59 Å². The SMILES string of the molecule is C[C@H](NC(=O)[C@@]12CCCC[C@H]1CNC2)C(N)=O.Cl. The van der Waals surface area contributed by atoms with Crippen LogP contribution in [0, 0.1) is 11.3 Å². The molecule has 2 rings (SSSR count). The van der Waals surface area contributed by atoms with Gasteiger partial charge < -0.3 is 16.4 Å². The number of halogens is 1. The Morgan fingerprint density at radius 3 is 2.83 bits per heavy atom. The highest BCUT2D eigenvalue weighted by Gasteiger charge is 2.50. The smallest absolute Gasteiger partial charge is 0.239 e. The van der Waals surface area contributed by atoms with Crippen molar-refractivity contribution in [3.05, 3.63) is 0 Å². The minimum absolute atomic E-state index is 0. The van der Waals surface area contributed by atoms with Crippen LogP contribution in [0.4, 0.5) is 0 Å². The molecule has 0 bridgehead atoms. The minimum atomic E-state index is -0.583. The molecule has 104 valence electrons. The predicted octanol–water partition coefficient (Wildman–Crippen LogP) is 0.178. The zero-order chi connectivity index (χ0) is 12.5. The molecule has 1 saturated heterocycles. The number of primary amides is 1. The number of carbonyl (C=O) groups excluding carboxylic acids is 2. The molecule has 1 heterocycles. The van der Waals surface area contributed by atoms with Gasteiger partial charge in [0.05, 0.1) is 5.41 Å². The van der Waals surface area contributed by atoms with E-state index in [-0.39, 0.29) is 23.7 Å². The van der Waals surface area contributed by atoms with Gasteiger partial charge in [-0.15, -0.1) is 12.4 Å². The van der Waals surface area contributed by atoms with E-state index in [0.717, 1.165) is 32.4 Å². The number of hydrogen-bond acceptors (Lipinski definition) is 3. The predicted molar refractivity (Wildman–Crippen MR) is 71.3 cm³/mol. The topological polar surface area (TPSA) is 84.2 Å². The van der Waals surface area contributed by atoms with Gasteiger partial charge in [0.25, 0.3) is 0 Å². The summed E-state index contributed by atoms with van der Waals surface area (Å²) in [5.41, 5.74) is 4.88. The number of carbonyl (C=O) groups is 2. The summed E-state index contributed by atoms with van der Waals surface area (Å²) in [6.45, 7) is 3.28. The summed E-state index contributed by atoms with van der Waals surface area (Å²) in [4.78, 5) is 23.4. The fourth-order valence-electron chi connectivity index (χ4n) is 3.10. The van der Waals surface area contributed by atoms with Crippen molar-refractivity contribution < 1.29 is 9.59 Å². The first-order chi connectivity index (χ1) is 8.06. The van der Waals surface area contributed by atoms with Crippen LogP contribution < -0.4 is 16.4 Å². The molecule has 0 aromatic heterocycles. The van der Waals surface area contributed by atoms with E-state index in [0.29, 0.717) is 5.92 Å². The van der Waals surface area contributed by atoms with E-state index in [1.807, 2.05) is 0 Å². The van der Waals surface area contributed by atoms with Crippen LogP contribution in [0.5, 0.6) is 0 Å². The first-order valence-corrected chi connectivity index (χ1v) is 6.37. The Labute approximate surface area is 114 Å². The van der Waals surface area contributed by atoms with Crippen LogP contribution >= 0.6 is 12.4 Å². The van der Waals surface area contributed by atoms with Gasteiger partial charge in [0.1, 0.15) is 6.04 Å². The van der Waals surface area contributed by atoms with Gasteiger partial charge in [-0.1, -0.05) is 12.8 Å². The second-order valence-electron chi connectivity index (χ2n) is 5.33. The average Bonchev–Trinajstić information content (AvgIpc) is 2.73. The van der Waals surface area contributed by atoms with Crippen LogP contribution in [0.15, 0.2) is 0 Å². The van der Waals surface area contributed by atoms with Crippen LogP contribution in [0.25, 0.3) is 0 Å². The van der Waals surface area contributed by atoms with Gasteiger partial charge in [-0.05, 0) is 32.2 Å². The van der Waals surface area contributed by atoms with E-state index >= 15 is 0 Å². The molecule has 3 atom stereocenters. The third-order valence-corrected chi connectivity index (χ3v) is 4.26. The Balaban J connectivity index is 0.00000162. The molecule has 6 heteroatoms. The molecule has 2 fully saturated rings. The second-order valence-corrected chi connectivity index (χ2v) is 5.33. The van der Waals surface area contributed by atoms with Crippen molar-refractivity contribution in [1.29, 1.82) is 0 Å². The Kier molecular flexibility index (Phi) is 4.99. The lowest BCUT2D eigenvalue weighted by atomic mass is 9.67. The maximum Gasteiger partial charge on any atom is 0.239 e. The first-order valence-electron chi connectivity index (χ1n) is 6.37. The number of amides is 2. The van der Waals surface area contributed by atoms with Gasteiger partial charge in [-0.2, -0.15) is 0 Å². The van der Waals surface area contributed by atoms with Gasteiger partial charge >= 0.3 is 0 Å². The highest BCUT2D eigenvalue weighted by Crippen LogP contribution is 2.43. The molecule has 1 aliphatic heterocycles. The molecule has 0 aromatic carbocycles. The quantitative estimate of drug-likeness (QED) is 0.687. The number of nitrogens with two attached hydrogens (primary N) is 1. The molecule has 5 nitrogen and oxygen atoms in total. The third-order valence-electron chi connectivity index (χ3n) is 4.26. The normalized spacial score (nSPS) is 31.9. The number of fused-ring (bicyclic) bond motifs is 1. The summed E-state index contributed by atoms with van der Waals surface area (Å²) in [6, 6.07) is -0.583. The minimum Gasteiger partial charge on any atom is -0.368 e. The number of nitrogens with one attached hydrogen (secondary N) is 2. The van der Waals surface area contributed by atoms with Crippen molar-refractivity contribution in [3.63, 3.8) is 0 Å². The molecule has 4 N–H and O–H groups in total. The highest BCUT2D eigenvalue weighted by atomic mass is 35.5. The van der Waals surface area contributed by atoms with Crippen molar-refractivity contribution in [3.8, 4) is 0 Å². The maximum absolute atomic E-state index is 12.4. The van der Waals surface area contributed by atoms with Gasteiger partial charge in [-0.3, -0.25) is 9.59 Å². The zero-order valence-corrected chi connectivity index (χ0v) is 11.5. The van der Waals surface area contributed by atoms with E-state index in [2.05, 4.69) is 10.6 Å². The van der Waals surface area contributed by atoms with Crippen molar-refractivity contribution in [2.75, 3.05) is 13.1 Å². The van der Waals surface area contributed by atoms with Crippen molar-refractivity contribution in [2.45, 2.75) is 38.6 Å². The Morgan fingerprint density at radius 2 is 2.17 bits per heavy atom. The monoisotopic (exact) mass is 275 g/mol. The molecular formula is C12H22ClN3O2. The van der Waals surface area contributed by atoms with E-state index in [1.165, 1.54) is 6.42 Å². The summed E-state index contributed by atoms with van der Waals surface area (Å²) >= 11 is 0. The summed E-state index contributed by atoms with van der Waals surface area (Å²) in [7, 11) is 0. The largest absolute Gasteiger partial charge is 0.368 e. The summed E-state index contributed by atoms with van der Waals surface area (Å²) in [6.07, 6.45) is 4.32. The third kappa shape index (κ3) is 2.62. The van der Waals surface area contributed by atoms with E-state index in [9.17, 15) is 9.59 Å². The van der Waals surface area contributed by atoms with E-state index in [1.54, 1.807) is 6.92 Å². The lowest BCUT2D eigenvalue weighted by molar-refractivity contribution is -0.137. The molecule has 2 aliphatic rings. The lowest BCUT2D eigenvalue weighted by Gasteiger charge is -2.37. The Bertz CT molecular complexity index is 337. The van der Waals surface area contributed by atoms with Gasteiger partial charge in [0.2, 0.25) is 11.8 Å². The van der Waals surface area contributed by atoms with Crippen molar-refractivity contribution in [2.24, 2.45) is 17.1 Å². The van der Waals surface area contributed by atoms with Gasteiger partial charge in [0.15, 0.2) is 0 Å². The van der Waals surface area contributed by atoms with E-state index in [4.69, 9.17) is 5.73 Å². The van der Waals surface area contributed by atoms with Crippen LogP contribution in [-0.4, -0.2) is 30.9 Å². The zero-order valence-electron chi connectivity index (χ0n) is 10.7. The summed E-state index contributed by atoms with van der Waals surface area (Å²) < 4.78 is 0. The number of hydrogen-bond donors (Lipinski definition) is 3. The fourth-order valence-corrected chi connectivity index (χ4v) is 3.10.